The van der Waals surface area contributed by atoms with Gasteiger partial charge in [0.15, 0.2) is 0 Å². The maximum Gasteiger partial charge on any atom is 0.387 e. The molecular formula is C23H18F3N3OS. The highest BCUT2D eigenvalue weighted by Crippen LogP contribution is 2.39. The first-order valence-electron chi connectivity index (χ1n) is 9.68. The van der Waals surface area contributed by atoms with Crippen LogP contribution in [-0.2, 0) is 0 Å². The molecule has 0 bridgehead atoms. The van der Waals surface area contributed by atoms with E-state index in [1.807, 2.05) is 35.1 Å². The van der Waals surface area contributed by atoms with Gasteiger partial charge in [0, 0.05) is 28.6 Å². The van der Waals surface area contributed by atoms with Gasteiger partial charge in [-0.3, -0.25) is 0 Å². The first-order valence-corrected chi connectivity index (χ1v) is 10.9. The van der Waals surface area contributed by atoms with Crippen LogP contribution in [0, 0.1) is 5.82 Å². The molecule has 0 amide bonds. The van der Waals surface area contributed by atoms with Gasteiger partial charge in [-0.25, -0.2) is 9.37 Å². The normalized spacial score (nSPS) is 15.3. The number of hydrogen-bond acceptors (Lipinski definition) is 4. The highest BCUT2D eigenvalue weighted by molar-refractivity contribution is 7.98. The summed E-state index contributed by atoms with van der Waals surface area (Å²) in [5.74, 6) is 0.328. The van der Waals surface area contributed by atoms with Crippen molar-refractivity contribution in [3.8, 4) is 16.9 Å². The van der Waals surface area contributed by atoms with Crippen LogP contribution >= 0.6 is 11.8 Å². The van der Waals surface area contributed by atoms with Gasteiger partial charge in [0.05, 0.1) is 17.1 Å². The molecule has 4 aromatic rings. The second kappa shape index (κ2) is 7.85. The molecule has 1 aliphatic rings. The third-order valence-corrected chi connectivity index (χ3v) is 6.18. The second-order valence-electron chi connectivity index (χ2n) is 7.17. The number of ether oxygens (including phenoxy) is 1. The Hall–Kier alpha value is -3.13. The molecule has 5 rings (SSSR count). The summed E-state index contributed by atoms with van der Waals surface area (Å²) in [5.41, 5.74) is 3.06. The molecule has 8 heteroatoms. The zero-order valence-electron chi connectivity index (χ0n) is 16.5. The molecule has 0 spiro atoms. The van der Waals surface area contributed by atoms with Crippen molar-refractivity contribution in [2.45, 2.75) is 17.5 Å². The summed E-state index contributed by atoms with van der Waals surface area (Å²) in [7, 11) is 0. The van der Waals surface area contributed by atoms with Crippen molar-refractivity contribution in [1.82, 2.24) is 9.55 Å². The van der Waals surface area contributed by atoms with Gasteiger partial charge in [0.25, 0.3) is 0 Å². The zero-order valence-corrected chi connectivity index (χ0v) is 17.3. The third kappa shape index (κ3) is 3.50. The molecule has 0 saturated heterocycles. The number of benzene rings is 3. The van der Waals surface area contributed by atoms with E-state index in [1.165, 1.54) is 12.1 Å². The van der Waals surface area contributed by atoms with Crippen molar-refractivity contribution in [3.05, 3.63) is 72.0 Å². The van der Waals surface area contributed by atoms with Crippen molar-refractivity contribution < 1.29 is 17.9 Å². The van der Waals surface area contributed by atoms with E-state index < -0.39 is 6.61 Å². The van der Waals surface area contributed by atoms with E-state index in [2.05, 4.69) is 10.3 Å². The quantitative estimate of drug-likeness (QED) is 0.376. The van der Waals surface area contributed by atoms with Crippen LogP contribution in [0.2, 0.25) is 0 Å². The van der Waals surface area contributed by atoms with E-state index in [0.717, 1.165) is 16.0 Å². The summed E-state index contributed by atoms with van der Waals surface area (Å²) in [6, 6.07) is 17.3. The average Bonchev–Trinajstić information content (AvgIpc) is 3.32. The number of thioether (sulfide) groups is 1. The Morgan fingerprint density at radius 2 is 1.90 bits per heavy atom. The van der Waals surface area contributed by atoms with Crippen molar-refractivity contribution in [3.63, 3.8) is 0 Å². The fraction of sp³-hybridized carbons (Fsp3) is 0.174. The number of imidazole rings is 1. The molecule has 158 valence electrons. The van der Waals surface area contributed by atoms with Crippen LogP contribution in [0.1, 0.15) is 11.6 Å². The number of anilines is 1. The Morgan fingerprint density at radius 1 is 1.13 bits per heavy atom. The van der Waals surface area contributed by atoms with E-state index in [4.69, 9.17) is 4.74 Å². The molecular weight excluding hydrogens is 423 g/mol. The summed E-state index contributed by atoms with van der Waals surface area (Å²) in [4.78, 5) is 5.60. The van der Waals surface area contributed by atoms with Crippen LogP contribution in [0.5, 0.6) is 5.75 Å². The van der Waals surface area contributed by atoms with Gasteiger partial charge >= 0.3 is 6.61 Å². The first-order chi connectivity index (χ1) is 15.0. The minimum Gasteiger partial charge on any atom is -0.434 e. The topological polar surface area (TPSA) is 39.1 Å². The third-order valence-electron chi connectivity index (χ3n) is 5.44. The predicted molar refractivity (Wildman–Crippen MR) is 117 cm³/mol. The van der Waals surface area contributed by atoms with Crippen LogP contribution in [0.25, 0.3) is 22.2 Å². The molecule has 0 aliphatic carbocycles. The fourth-order valence-corrected chi connectivity index (χ4v) is 4.44. The number of nitrogens with zero attached hydrogens (tertiary/aromatic N) is 2. The van der Waals surface area contributed by atoms with Gasteiger partial charge in [-0.2, -0.15) is 8.78 Å². The van der Waals surface area contributed by atoms with Gasteiger partial charge in [0.1, 0.15) is 11.6 Å². The molecule has 0 radical (unpaired) electrons. The molecule has 0 fully saturated rings. The summed E-state index contributed by atoms with van der Waals surface area (Å²) in [6.07, 6.45) is 1.99. The van der Waals surface area contributed by atoms with E-state index in [9.17, 15) is 13.2 Å². The Morgan fingerprint density at radius 3 is 2.65 bits per heavy atom. The minimum absolute atomic E-state index is 0.119. The van der Waals surface area contributed by atoms with Gasteiger partial charge in [-0.1, -0.05) is 30.3 Å². The molecule has 4 nitrogen and oxygen atoms in total. The number of rotatable bonds is 5. The fourth-order valence-electron chi connectivity index (χ4n) is 4.04. The van der Waals surface area contributed by atoms with E-state index in [0.29, 0.717) is 29.1 Å². The average molecular weight is 441 g/mol. The molecule has 31 heavy (non-hydrogen) atoms. The number of hydrogen-bond donors (Lipinski definition) is 1. The molecule has 1 N–H and O–H groups in total. The molecule has 0 saturated carbocycles. The monoisotopic (exact) mass is 441 g/mol. The summed E-state index contributed by atoms with van der Waals surface area (Å²) < 4.78 is 47.4. The standard InChI is InChI=1S/C23H18F3N3OS/c1-31-14-8-6-13(7-9-14)16-10-19-18(11-17(16)24)28-23-27-12-20(29(19)23)15-4-2-3-5-21(15)30-22(25)26/h2-11,20,22H,12H2,1H3,(H,27,28). The number of nitrogens with one attached hydrogen (secondary N) is 1. The van der Waals surface area contributed by atoms with Crippen LogP contribution in [0.4, 0.5) is 19.1 Å². The van der Waals surface area contributed by atoms with Crippen molar-refractivity contribution in [2.24, 2.45) is 0 Å². The lowest BCUT2D eigenvalue weighted by Gasteiger charge is -2.18. The second-order valence-corrected chi connectivity index (χ2v) is 8.05. The van der Waals surface area contributed by atoms with Crippen LogP contribution in [0.15, 0.2) is 65.6 Å². The van der Waals surface area contributed by atoms with Gasteiger partial charge in [-0.15, -0.1) is 11.8 Å². The molecule has 1 unspecified atom stereocenters. The minimum atomic E-state index is -2.92. The number of halogens is 3. The van der Waals surface area contributed by atoms with Crippen molar-refractivity contribution in [1.29, 1.82) is 0 Å². The molecule has 1 aromatic heterocycles. The first kappa shape index (κ1) is 19.8. The van der Waals surface area contributed by atoms with Crippen molar-refractivity contribution in [2.75, 3.05) is 18.1 Å². The molecule has 3 aromatic carbocycles. The smallest absolute Gasteiger partial charge is 0.387 e. The van der Waals surface area contributed by atoms with Crippen LogP contribution in [-0.4, -0.2) is 29.0 Å². The van der Waals surface area contributed by atoms with E-state index in [1.54, 1.807) is 36.0 Å². The van der Waals surface area contributed by atoms with Gasteiger partial charge in [0.2, 0.25) is 5.95 Å². The Bertz CT molecular complexity index is 1260. The Kier molecular flexibility index (Phi) is 5.02. The maximum atomic E-state index is 14.9. The Balaban J connectivity index is 1.63. The number of aromatic nitrogens is 2. The zero-order chi connectivity index (χ0) is 21.5. The molecule has 1 aliphatic heterocycles. The lowest BCUT2D eigenvalue weighted by Crippen LogP contribution is -2.13. The lowest BCUT2D eigenvalue weighted by atomic mass is 10.0. The van der Waals surface area contributed by atoms with Gasteiger partial charge < -0.3 is 14.6 Å². The summed E-state index contributed by atoms with van der Waals surface area (Å²) in [6.45, 7) is -2.45. The number of fused-ring (bicyclic) bond motifs is 3. The van der Waals surface area contributed by atoms with E-state index >= 15 is 0 Å². The van der Waals surface area contributed by atoms with Crippen molar-refractivity contribution >= 4 is 28.7 Å². The Labute approximate surface area is 181 Å². The highest BCUT2D eigenvalue weighted by Gasteiger charge is 2.30. The maximum absolute atomic E-state index is 14.9. The van der Waals surface area contributed by atoms with Crippen LogP contribution in [0.3, 0.4) is 0 Å². The highest BCUT2D eigenvalue weighted by atomic mass is 32.2. The number of alkyl halides is 2. The SMILES string of the molecule is CSc1ccc(-c2cc3c(cc2F)nc2n3C(c3ccccc3OC(F)F)CN2)cc1. The van der Waals surface area contributed by atoms with Gasteiger partial charge in [-0.05, 0) is 36.1 Å². The molecule has 1 atom stereocenters. The largest absolute Gasteiger partial charge is 0.434 e. The number of para-hydroxylation sites is 1. The lowest BCUT2D eigenvalue weighted by molar-refractivity contribution is -0.0506. The van der Waals surface area contributed by atoms with E-state index in [-0.39, 0.29) is 17.6 Å². The van der Waals surface area contributed by atoms with Crippen LogP contribution < -0.4 is 10.1 Å². The summed E-state index contributed by atoms with van der Waals surface area (Å²) >= 11 is 1.62. The molecule has 2 heterocycles. The summed E-state index contributed by atoms with van der Waals surface area (Å²) in [5, 5.41) is 3.20. The predicted octanol–water partition coefficient (Wildman–Crippen LogP) is 6.18.